The van der Waals surface area contributed by atoms with Gasteiger partial charge in [-0.05, 0) is 0 Å². The van der Waals surface area contributed by atoms with E-state index in [4.69, 9.17) is 0 Å². The molecule has 0 aromatic heterocycles. The molecule has 0 N–H and O–H groups in total. The molecule has 0 bridgehead atoms. The standard InChI is InChI=1S/C21H26.C17H13.C7H9.2ClH.Zr/c1-20(2,3)18-11-7-16(8-12-18)15-17-9-13-19(14-10-17)21(4,5)6;1-3-12-5-7-14-11-15-8-6-13(4-2)10-17(15)16(14)9-12;1-6-3-4-7(2)5-6;;;/h7-14H,1-6H3;3-7,9-10H,1-2,11H2;3,5,7H,1-2H3;2*1H;/q;;;;;+2/p-2. The SMILES string of the molecule is C=Cc1ccc2c(c1)-c1cc(C=C)c[c]([Zr+2]([C]3=CC(C)=CC3C)=[C](c3ccc(C(C)(C)C)cc3)c3ccc(C(C)(C)C)cc3)c1C2.[Cl-].[Cl-]. The molecule has 246 valence electrons. The van der Waals surface area contributed by atoms with Crippen LogP contribution in [-0.2, 0) is 38.5 Å². The van der Waals surface area contributed by atoms with Gasteiger partial charge in [-0.3, -0.25) is 0 Å². The Morgan fingerprint density at radius 3 is 1.69 bits per heavy atom. The molecule has 0 spiro atoms. The summed E-state index contributed by atoms with van der Waals surface area (Å²) in [5.41, 5.74) is 15.1. The first-order valence-electron chi connectivity index (χ1n) is 16.7. The Labute approximate surface area is 309 Å². The predicted molar refractivity (Wildman–Crippen MR) is 199 cm³/mol. The van der Waals surface area contributed by atoms with Crippen LogP contribution in [-0.4, -0.2) is 3.21 Å². The predicted octanol–water partition coefficient (Wildman–Crippen LogP) is 5.14. The molecule has 0 aliphatic heterocycles. The molecule has 0 nitrogen and oxygen atoms in total. The smallest absolute Gasteiger partial charge is 1.00 e. The Balaban J connectivity index is 0.00000260. The molecule has 0 saturated carbocycles. The van der Waals surface area contributed by atoms with Crippen LogP contribution in [0, 0.1) is 5.92 Å². The maximum Gasteiger partial charge on any atom is -1.00 e. The number of rotatable bonds is 6. The third-order valence-corrected chi connectivity index (χ3v) is 17.8. The fraction of sp³-hybridized carbons (Fsp3) is 0.267. The summed E-state index contributed by atoms with van der Waals surface area (Å²) >= 11 is -2.87. The minimum atomic E-state index is -2.87. The molecule has 48 heavy (non-hydrogen) atoms. The number of hydrogen-bond donors (Lipinski definition) is 0. The number of benzene rings is 4. The van der Waals surface area contributed by atoms with Crippen LogP contribution in [0.4, 0.5) is 0 Å². The monoisotopic (exact) mass is 748 g/mol. The molecule has 2 aliphatic rings. The number of hydrogen-bond acceptors (Lipinski definition) is 0. The van der Waals surface area contributed by atoms with Gasteiger partial charge in [0.15, 0.2) is 0 Å². The first-order valence-corrected chi connectivity index (χ1v) is 20.4. The van der Waals surface area contributed by atoms with Gasteiger partial charge < -0.3 is 24.8 Å². The second-order valence-electron chi connectivity index (χ2n) is 15.3. The van der Waals surface area contributed by atoms with Crippen molar-refractivity contribution in [2.45, 2.75) is 72.6 Å². The van der Waals surface area contributed by atoms with E-state index in [9.17, 15) is 0 Å². The average Bonchev–Trinajstić information content (AvgIpc) is 3.56. The van der Waals surface area contributed by atoms with E-state index < -0.39 is 21.3 Å². The topological polar surface area (TPSA) is 0 Å². The summed E-state index contributed by atoms with van der Waals surface area (Å²) in [5.74, 6) is 0.422. The number of allylic oxidation sites excluding steroid dienone is 4. The molecule has 6 rings (SSSR count). The van der Waals surface area contributed by atoms with Crippen LogP contribution in [0.15, 0.2) is 113 Å². The van der Waals surface area contributed by atoms with E-state index >= 15 is 0 Å². The quantitative estimate of drug-likeness (QED) is 0.226. The van der Waals surface area contributed by atoms with Crippen LogP contribution in [0.25, 0.3) is 23.3 Å². The van der Waals surface area contributed by atoms with Gasteiger partial charge in [-0.15, -0.1) is 0 Å². The van der Waals surface area contributed by atoms with Crippen molar-refractivity contribution in [3.05, 3.63) is 158 Å². The molecule has 4 aromatic rings. The molecule has 1 atom stereocenters. The Morgan fingerprint density at radius 2 is 1.23 bits per heavy atom. The van der Waals surface area contributed by atoms with Crippen molar-refractivity contribution < 1.29 is 46.1 Å². The van der Waals surface area contributed by atoms with Crippen molar-refractivity contribution >= 4 is 18.6 Å². The normalized spacial score (nSPS) is 14.7. The fourth-order valence-electron chi connectivity index (χ4n) is 7.15. The van der Waals surface area contributed by atoms with Crippen LogP contribution in [0.1, 0.15) is 99.9 Å². The molecule has 0 fully saturated rings. The molecule has 1 unspecified atom stereocenters. The molecule has 2 aliphatic carbocycles. The summed E-state index contributed by atoms with van der Waals surface area (Å²) in [4.78, 5) is 0. The molecular weight excluding hydrogens is 703 g/mol. The van der Waals surface area contributed by atoms with Crippen LogP contribution >= 0.6 is 0 Å². The van der Waals surface area contributed by atoms with E-state index in [1.807, 2.05) is 12.2 Å². The van der Waals surface area contributed by atoms with Gasteiger partial charge in [-0.25, -0.2) is 0 Å². The summed E-state index contributed by atoms with van der Waals surface area (Å²) in [6.45, 7) is 26.8. The van der Waals surface area contributed by atoms with Gasteiger partial charge in [-0.2, -0.15) is 0 Å². The van der Waals surface area contributed by atoms with Gasteiger partial charge in [0.25, 0.3) is 0 Å². The largest absolute Gasteiger partial charge is 1.00 e. The van der Waals surface area contributed by atoms with Crippen LogP contribution in [0.2, 0.25) is 0 Å². The average molecular weight is 751 g/mol. The third kappa shape index (κ3) is 7.36. The second kappa shape index (κ2) is 14.6. The maximum atomic E-state index is 4.27. The summed E-state index contributed by atoms with van der Waals surface area (Å²) in [7, 11) is 0. The Hall–Kier alpha value is -2.83. The van der Waals surface area contributed by atoms with Crippen LogP contribution in [0.3, 0.4) is 0 Å². The van der Waals surface area contributed by atoms with E-state index in [2.05, 4.69) is 160 Å². The Kier molecular flexibility index (Phi) is 11.5. The molecule has 3 heteroatoms. The van der Waals surface area contributed by atoms with Crippen molar-refractivity contribution in [3.8, 4) is 11.1 Å². The van der Waals surface area contributed by atoms with Gasteiger partial charge >= 0.3 is 287 Å². The summed E-state index contributed by atoms with van der Waals surface area (Å²) in [5, 5.41) is 0. The van der Waals surface area contributed by atoms with Gasteiger partial charge in [0.2, 0.25) is 0 Å². The first-order chi connectivity index (χ1) is 21.8. The van der Waals surface area contributed by atoms with E-state index in [1.165, 1.54) is 61.2 Å². The molecular formula is C45H48Cl2Zr. The molecule has 4 aromatic carbocycles. The number of fused-ring (bicyclic) bond motifs is 3. The molecule has 0 radical (unpaired) electrons. The Morgan fingerprint density at radius 1 is 0.708 bits per heavy atom. The van der Waals surface area contributed by atoms with Crippen LogP contribution < -0.4 is 28.1 Å². The molecule has 0 heterocycles. The maximum absolute atomic E-state index is 4.27. The third-order valence-electron chi connectivity index (χ3n) is 9.81. The van der Waals surface area contributed by atoms with Crippen molar-refractivity contribution in [1.29, 1.82) is 0 Å². The zero-order valence-electron chi connectivity index (χ0n) is 29.8. The van der Waals surface area contributed by atoms with Crippen molar-refractivity contribution in [2.75, 3.05) is 0 Å². The van der Waals surface area contributed by atoms with E-state index in [1.54, 1.807) is 9.76 Å². The van der Waals surface area contributed by atoms with Gasteiger partial charge in [0.05, 0.1) is 0 Å². The first kappa shape index (κ1) is 38.0. The zero-order chi connectivity index (χ0) is 33.0. The summed E-state index contributed by atoms with van der Waals surface area (Å²) in [6.07, 6.45) is 10.0. The fourth-order valence-corrected chi connectivity index (χ4v) is 15.8. The second-order valence-corrected chi connectivity index (χ2v) is 21.1. The molecule has 0 saturated heterocycles. The van der Waals surface area contributed by atoms with Crippen LogP contribution in [0.5, 0.6) is 0 Å². The Bertz CT molecular complexity index is 1890. The van der Waals surface area contributed by atoms with Crippen molar-refractivity contribution in [2.24, 2.45) is 5.92 Å². The summed E-state index contributed by atoms with van der Waals surface area (Å²) in [6, 6.07) is 30.9. The van der Waals surface area contributed by atoms with Gasteiger partial charge in [-0.1, -0.05) is 0 Å². The summed E-state index contributed by atoms with van der Waals surface area (Å²) < 4.78 is 4.80. The van der Waals surface area contributed by atoms with Gasteiger partial charge in [0, 0.05) is 0 Å². The minimum absolute atomic E-state index is 0. The zero-order valence-corrected chi connectivity index (χ0v) is 33.7. The van der Waals surface area contributed by atoms with E-state index in [0.29, 0.717) is 5.92 Å². The van der Waals surface area contributed by atoms with E-state index in [-0.39, 0.29) is 35.6 Å². The number of halogens is 2. The minimum Gasteiger partial charge on any atom is -1.00 e. The van der Waals surface area contributed by atoms with Crippen molar-refractivity contribution in [3.63, 3.8) is 0 Å². The van der Waals surface area contributed by atoms with Gasteiger partial charge in [0.1, 0.15) is 0 Å². The molecule has 0 amide bonds. The van der Waals surface area contributed by atoms with Crippen molar-refractivity contribution in [1.82, 2.24) is 0 Å². The van der Waals surface area contributed by atoms with E-state index in [0.717, 1.165) is 6.42 Å².